The van der Waals surface area contributed by atoms with Gasteiger partial charge in [0.25, 0.3) is 11.8 Å². The summed E-state index contributed by atoms with van der Waals surface area (Å²) in [5, 5.41) is 8.90. The summed E-state index contributed by atoms with van der Waals surface area (Å²) in [6.07, 6.45) is 14.2. The molecule has 2 fully saturated rings. The first-order valence-corrected chi connectivity index (χ1v) is 20.7. The number of likely N-dealkylation sites (N-methyl/N-ethyl adjacent to an activating group) is 2. The fourth-order valence-corrected chi connectivity index (χ4v) is 9.01. The minimum absolute atomic E-state index is 0.0541. The fraction of sp³-hybridized carbons (Fsp3) is 0.312. The molecule has 2 aromatic heterocycles. The number of carbonyl (C=O) groups excluding carboxylic acids is 3. The Morgan fingerprint density at radius 3 is 1.79 bits per heavy atom. The number of allylic oxidation sites excluding steroid dienone is 5. The van der Waals surface area contributed by atoms with Crippen LogP contribution >= 0.6 is 0 Å². The van der Waals surface area contributed by atoms with E-state index in [2.05, 4.69) is 126 Å². The molecular formula is C48H52N6O3. The maximum absolute atomic E-state index is 14.4. The topological polar surface area (TPSA) is 106 Å². The maximum atomic E-state index is 14.4. The monoisotopic (exact) mass is 760 g/mol. The molecule has 0 radical (unpaired) electrons. The summed E-state index contributed by atoms with van der Waals surface area (Å²) in [7, 11) is 0. The van der Waals surface area contributed by atoms with Crippen molar-refractivity contribution in [1.29, 1.82) is 0 Å². The summed E-state index contributed by atoms with van der Waals surface area (Å²) in [6.45, 7) is 9.02. The van der Waals surface area contributed by atoms with Gasteiger partial charge in [-0.15, -0.1) is 0 Å². The predicted molar refractivity (Wildman–Crippen MR) is 233 cm³/mol. The van der Waals surface area contributed by atoms with Gasteiger partial charge in [-0.2, -0.15) is 0 Å². The maximum Gasteiger partial charge on any atom is 0.333 e. The minimum Gasteiger partial charge on any atom is -0.325 e. The number of nitrogens with zero attached hydrogens (tertiary/aromatic N) is 4. The van der Waals surface area contributed by atoms with Crippen LogP contribution in [0.4, 0.5) is 4.79 Å². The Labute approximate surface area is 333 Å². The van der Waals surface area contributed by atoms with Gasteiger partial charge in [-0.25, -0.2) is 4.79 Å². The number of barbiturate groups is 1. The molecule has 9 nitrogen and oxygen atoms in total. The molecule has 2 aliphatic rings. The highest BCUT2D eigenvalue weighted by Gasteiger charge is 2.43. The van der Waals surface area contributed by atoms with Crippen molar-refractivity contribution in [3.8, 4) is 0 Å². The minimum atomic E-state index is -0.571. The standard InChI is InChI=1S/C48H52N6O3/c1-5-9-30-50-54-38(36-23-12-19-32-21-14-25-40(54)44(32)36)29-27-34-17-10-16-33(42(34)45-46(55)51(7-3)48(57)52(8-4)47(45)56)26-28-37-35-22-11-18-31-20-13-24-39(43(31)35)53(37)41(49)15-6-2/h11-14,18-29,41,50H,5-10,15-17,30,49H2,1-4H3/b33-26+,34-27+,37-28-,38-29-. The summed E-state index contributed by atoms with van der Waals surface area (Å²) < 4.78 is 4.42. The predicted octanol–water partition coefficient (Wildman–Crippen LogP) is 8.37. The van der Waals surface area contributed by atoms with Gasteiger partial charge in [-0.3, -0.25) is 24.1 Å². The molecule has 1 unspecified atom stereocenters. The zero-order valence-corrected chi connectivity index (χ0v) is 33.5. The Morgan fingerprint density at radius 2 is 1.21 bits per heavy atom. The van der Waals surface area contributed by atoms with E-state index < -0.39 is 17.8 Å². The lowest BCUT2D eigenvalue weighted by Crippen LogP contribution is -2.56. The van der Waals surface area contributed by atoms with E-state index in [1.165, 1.54) is 26.0 Å². The Bertz CT molecular complexity index is 2720. The van der Waals surface area contributed by atoms with Crippen molar-refractivity contribution in [3.05, 3.63) is 118 Å². The number of hydrogen-bond acceptors (Lipinski definition) is 5. The van der Waals surface area contributed by atoms with Gasteiger partial charge in [-0.1, -0.05) is 99.5 Å². The van der Waals surface area contributed by atoms with E-state index in [1.54, 1.807) is 13.8 Å². The zero-order valence-electron chi connectivity index (χ0n) is 33.5. The number of unbranched alkanes of at least 4 members (excludes halogenated alkanes) is 1. The molecule has 0 spiro atoms. The first-order chi connectivity index (χ1) is 27.8. The van der Waals surface area contributed by atoms with Crippen LogP contribution in [0.2, 0.25) is 0 Å². The van der Waals surface area contributed by atoms with Gasteiger partial charge in [-0.05, 0) is 97.7 Å². The highest BCUT2D eigenvalue weighted by Crippen LogP contribution is 2.39. The van der Waals surface area contributed by atoms with Crippen molar-refractivity contribution in [2.75, 3.05) is 25.1 Å². The van der Waals surface area contributed by atoms with Gasteiger partial charge in [0.15, 0.2) is 0 Å². The first kappa shape index (κ1) is 38.0. The first-order valence-electron chi connectivity index (χ1n) is 20.7. The molecule has 9 heteroatoms. The van der Waals surface area contributed by atoms with Crippen molar-refractivity contribution in [1.82, 2.24) is 19.0 Å². The van der Waals surface area contributed by atoms with Gasteiger partial charge >= 0.3 is 6.03 Å². The molecule has 1 saturated carbocycles. The number of urea groups is 1. The molecule has 3 N–H and O–H groups in total. The molecule has 0 bridgehead atoms. The summed E-state index contributed by atoms with van der Waals surface area (Å²) in [6, 6.07) is 24.9. The molecular weight excluding hydrogens is 709 g/mol. The zero-order chi connectivity index (χ0) is 39.8. The van der Waals surface area contributed by atoms with E-state index in [4.69, 9.17) is 5.73 Å². The number of rotatable bonds is 11. The van der Waals surface area contributed by atoms with Crippen molar-refractivity contribution >= 4 is 73.3 Å². The van der Waals surface area contributed by atoms with Gasteiger partial charge < -0.3 is 15.7 Å². The summed E-state index contributed by atoms with van der Waals surface area (Å²) in [5.41, 5.74) is 15.2. The fourth-order valence-electron chi connectivity index (χ4n) is 9.01. The SMILES string of the molecule is CCCCNn1/c(=C\C=C2/CCC/C(=C\C=c3\c4cccc5cccc(c54)n3C(N)CCC)C2=C2C(=O)N(CC)C(=O)N(CC)C2=O)c2cccc3cccc1c32. The summed E-state index contributed by atoms with van der Waals surface area (Å²) in [4.78, 5) is 44.6. The average Bonchev–Trinajstić information content (AvgIpc) is 3.71. The Kier molecular flexibility index (Phi) is 10.6. The van der Waals surface area contributed by atoms with Crippen LogP contribution < -0.4 is 21.9 Å². The van der Waals surface area contributed by atoms with Crippen molar-refractivity contribution < 1.29 is 14.4 Å². The number of benzene rings is 4. The van der Waals surface area contributed by atoms with Gasteiger partial charge in [0.1, 0.15) is 5.57 Å². The third-order valence-corrected chi connectivity index (χ3v) is 11.7. The van der Waals surface area contributed by atoms with Crippen LogP contribution in [0.25, 0.3) is 55.5 Å². The molecule has 3 heterocycles. The Balaban J connectivity index is 1.39. The molecule has 6 aromatic rings. The number of carbonyl (C=O) groups is 3. The molecule has 4 aromatic carbocycles. The van der Waals surface area contributed by atoms with Crippen LogP contribution in [0.3, 0.4) is 0 Å². The lowest BCUT2D eigenvalue weighted by molar-refractivity contribution is -0.135. The Morgan fingerprint density at radius 1 is 0.667 bits per heavy atom. The van der Waals surface area contributed by atoms with Crippen LogP contribution in [-0.4, -0.2) is 56.5 Å². The normalized spacial score (nSPS) is 18.4. The number of hydrogen-bond donors (Lipinski definition) is 2. The number of nitrogens with two attached hydrogens (primary N) is 1. The molecule has 1 aliphatic carbocycles. The molecule has 4 amide bonds. The second-order valence-electron chi connectivity index (χ2n) is 15.2. The van der Waals surface area contributed by atoms with Gasteiger partial charge in [0, 0.05) is 41.2 Å². The van der Waals surface area contributed by atoms with E-state index in [0.29, 0.717) is 18.4 Å². The molecule has 1 saturated heterocycles. The van der Waals surface area contributed by atoms with Crippen LogP contribution in [0, 0.1) is 0 Å². The lowest BCUT2D eigenvalue weighted by atomic mass is 9.80. The number of amides is 4. The van der Waals surface area contributed by atoms with Gasteiger partial charge in [0.2, 0.25) is 0 Å². The molecule has 1 aliphatic heterocycles. The van der Waals surface area contributed by atoms with Crippen LogP contribution in [0.5, 0.6) is 0 Å². The van der Waals surface area contributed by atoms with Gasteiger partial charge in [0.05, 0.1) is 27.9 Å². The summed E-state index contributed by atoms with van der Waals surface area (Å²) in [5.74, 6) is -1.09. The molecule has 1 atom stereocenters. The number of imide groups is 2. The summed E-state index contributed by atoms with van der Waals surface area (Å²) >= 11 is 0. The van der Waals surface area contributed by atoms with E-state index in [0.717, 1.165) is 87.7 Å². The third kappa shape index (κ3) is 6.44. The van der Waals surface area contributed by atoms with Crippen molar-refractivity contribution in [2.45, 2.75) is 78.8 Å². The highest BCUT2D eigenvalue weighted by atomic mass is 16.2. The Hall–Kier alpha value is -5.93. The largest absolute Gasteiger partial charge is 0.333 e. The van der Waals surface area contributed by atoms with Crippen LogP contribution in [0.1, 0.15) is 78.8 Å². The van der Waals surface area contributed by atoms with Crippen molar-refractivity contribution in [3.63, 3.8) is 0 Å². The third-order valence-electron chi connectivity index (χ3n) is 11.7. The highest BCUT2D eigenvalue weighted by molar-refractivity contribution is 6.30. The van der Waals surface area contributed by atoms with Crippen LogP contribution in [-0.2, 0) is 9.59 Å². The van der Waals surface area contributed by atoms with Crippen molar-refractivity contribution in [2.24, 2.45) is 5.73 Å². The number of nitrogens with one attached hydrogen (secondary N) is 1. The average molecular weight is 761 g/mol. The van der Waals surface area contributed by atoms with E-state index in [-0.39, 0.29) is 24.8 Å². The number of aromatic nitrogens is 2. The molecule has 57 heavy (non-hydrogen) atoms. The lowest BCUT2D eigenvalue weighted by Gasteiger charge is -2.35. The van der Waals surface area contributed by atoms with E-state index >= 15 is 0 Å². The molecule has 8 rings (SSSR count). The van der Waals surface area contributed by atoms with E-state index in [1.807, 2.05) is 0 Å². The second-order valence-corrected chi connectivity index (χ2v) is 15.2. The second kappa shape index (κ2) is 15.9. The quantitative estimate of drug-likeness (QED) is 0.0785. The van der Waals surface area contributed by atoms with E-state index in [9.17, 15) is 14.4 Å². The van der Waals surface area contributed by atoms with Crippen LogP contribution in [0.15, 0.2) is 107 Å². The smallest absolute Gasteiger partial charge is 0.325 e. The molecule has 292 valence electrons.